The average molecular weight is 587 g/mol. The Hall–Kier alpha value is -1.56. The molecule has 2 amide bonds. The number of carbonyl (C=O) groups excluding carboxylic acids is 2. The second-order valence-electron chi connectivity index (χ2n) is 15.0. The van der Waals surface area contributed by atoms with Gasteiger partial charge in [0.05, 0.1) is 12.1 Å². The molecule has 238 valence electrons. The molecule has 1 aliphatic heterocycles. The summed E-state index contributed by atoms with van der Waals surface area (Å²) in [6, 6.07) is -0.249. The Balaban J connectivity index is 1.11. The quantitative estimate of drug-likeness (QED) is 0.196. The summed E-state index contributed by atoms with van der Waals surface area (Å²) in [7, 11) is 1.63. The number of allylic oxidation sites excluding steroid dienone is 1. The van der Waals surface area contributed by atoms with Crippen LogP contribution in [0.2, 0.25) is 0 Å². The number of rotatable bonds is 11. The van der Waals surface area contributed by atoms with Gasteiger partial charge >= 0.3 is 6.09 Å². The van der Waals surface area contributed by atoms with Crippen LogP contribution < -0.4 is 5.32 Å². The molecule has 6 nitrogen and oxygen atoms in total. The van der Waals surface area contributed by atoms with E-state index >= 15 is 0 Å². The molecule has 5 aliphatic rings. The van der Waals surface area contributed by atoms with E-state index < -0.39 is 6.09 Å². The molecule has 9 atom stereocenters. The summed E-state index contributed by atoms with van der Waals surface area (Å²) in [6.07, 6.45) is 22.0. The summed E-state index contributed by atoms with van der Waals surface area (Å²) in [5.74, 6) is 3.18. The van der Waals surface area contributed by atoms with E-state index in [9.17, 15) is 9.59 Å². The van der Waals surface area contributed by atoms with E-state index in [1.54, 1.807) is 12.0 Å². The summed E-state index contributed by atoms with van der Waals surface area (Å²) in [6.45, 7) is 8.05. The average Bonchev–Trinajstić information content (AvgIpc) is 3.58. The number of unbranched alkanes of at least 4 members (excludes halogenated alkanes) is 5. The van der Waals surface area contributed by atoms with Crippen molar-refractivity contribution in [2.45, 2.75) is 149 Å². The molecule has 3 saturated carbocycles. The van der Waals surface area contributed by atoms with Crippen LogP contribution in [0.3, 0.4) is 0 Å². The van der Waals surface area contributed by atoms with Crippen LogP contribution in [-0.2, 0) is 14.3 Å². The number of hydrogen-bond acceptors (Lipinski definition) is 4. The highest BCUT2D eigenvalue weighted by molar-refractivity contribution is 5.82. The Morgan fingerprint density at radius 2 is 1.86 bits per heavy atom. The molecule has 0 spiro atoms. The fourth-order valence-electron chi connectivity index (χ4n) is 10.3. The third-order valence-electron chi connectivity index (χ3n) is 12.9. The number of methoxy groups -OCH3 is 1. The standard InChI is InChI=1S/C36H60N2O4/c1-6-7-8-9-10-11-12-26-14-16-30-29-15-13-27-23-28(17-20-36(27,4)31(29)18-21-35(26,30)3)42-34(40)37-24-33(39)38-22-19-32(41-5)25(38)2/h13,25-26,28-32H,6-12,14-24H2,1-5H3,(H,37,40)/t25-,26-,28?,29?,30?,31?,32-,35+,36-/m0/s1/i2T. The monoisotopic (exact) mass is 586 g/mol. The molecule has 4 fully saturated rings. The van der Waals surface area contributed by atoms with E-state index in [0.29, 0.717) is 12.0 Å². The van der Waals surface area contributed by atoms with Crippen molar-refractivity contribution in [2.24, 2.45) is 34.5 Å². The van der Waals surface area contributed by atoms with Crippen molar-refractivity contribution in [1.29, 1.82) is 0 Å². The van der Waals surface area contributed by atoms with Gasteiger partial charge in [0.15, 0.2) is 0 Å². The van der Waals surface area contributed by atoms with Crippen LogP contribution in [0.1, 0.15) is 132 Å². The fraction of sp³-hybridized carbons (Fsp3) is 0.889. The topological polar surface area (TPSA) is 67.9 Å². The fourth-order valence-corrected chi connectivity index (χ4v) is 10.3. The molecule has 1 heterocycles. The minimum absolute atomic E-state index is 0.0946. The van der Waals surface area contributed by atoms with E-state index in [1.807, 2.05) is 0 Å². The van der Waals surface area contributed by atoms with Gasteiger partial charge in [0, 0.05) is 21.4 Å². The third kappa shape index (κ3) is 6.31. The second-order valence-corrected chi connectivity index (χ2v) is 15.0. The van der Waals surface area contributed by atoms with Crippen LogP contribution in [0.15, 0.2) is 11.6 Å². The SMILES string of the molecule is [3H]C[C@H]1[C@@H](OC)CCN1C(=O)CNC(=O)OC1CC[C@@]2(C)C(=CCC3C2CC[C@@]2(C)C3CC[C@@H]2CCCCCCCC)C1. The molecule has 0 aromatic heterocycles. The number of nitrogens with one attached hydrogen (secondary N) is 1. The third-order valence-corrected chi connectivity index (χ3v) is 12.9. The van der Waals surface area contributed by atoms with Gasteiger partial charge in [-0.25, -0.2) is 4.79 Å². The van der Waals surface area contributed by atoms with E-state index in [4.69, 9.17) is 10.8 Å². The van der Waals surface area contributed by atoms with Gasteiger partial charge in [-0.3, -0.25) is 4.79 Å². The largest absolute Gasteiger partial charge is 0.446 e. The van der Waals surface area contributed by atoms with E-state index in [0.717, 1.165) is 49.4 Å². The van der Waals surface area contributed by atoms with E-state index in [1.165, 1.54) is 82.6 Å². The van der Waals surface area contributed by atoms with E-state index in [2.05, 4.69) is 32.2 Å². The molecule has 42 heavy (non-hydrogen) atoms. The predicted molar refractivity (Wildman–Crippen MR) is 168 cm³/mol. The number of ether oxygens (including phenoxy) is 2. The van der Waals surface area contributed by atoms with Gasteiger partial charge in [-0.15, -0.1) is 0 Å². The molecule has 0 radical (unpaired) electrons. The molecule has 4 unspecified atom stereocenters. The van der Waals surface area contributed by atoms with Gasteiger partial charge in [0.1, 0.15) is 12.6 Å². The second kappa shape index (κ2) is 13.6. The Labute approximate surface area is 257 Å². The zero-order valence-electron chi connectivity index (χ0n) is 28.1. The molecule has 4 aliphatic carbocycles. The van der Waals surface area contributed by atoms with Crippen LogP contribution >= 0.6 is 0 Å². The number of nitrogens with zero attached hydrogens (tertiary/aromatic N) is 1. The number of hydrogen-bond donors (Lipinski definition) is 1. The number of amides is 2. The van der Waals surface area contributed by atoms with Crippen molar-refractivity contribution >= 4 is 12.0 Å². The Kier molecular flexibility index (Phi) is 9.87. The minimum Gasteiger partial charge on any atom is -0.446 e. The maximum Gasteiger partial charge on any atom is 0.407 e. The first kappa shape index (κ1) is 30.5. The lowest BCUT2D eigenvalue weighted by Crippen LogP contribution is -2.50. The Bertz CT molecular complexity index is 1000. The van der Waals surface area contributed by atoms with Crippen LogP contribution in [-0.4, -0.2) is 55.3 Å². The molecule has 5 rings (SSSR count). The first-order valence-electron chi connectivity index (χ1n) is 18.2. The van der Waals surface area contributed by atoms with Gasteiger partial charge in [0.25, 0.3) is 0 Å². The highest BCUT2D eigenvalue weighted by atomic mass is 16.6. The number of likely N-dealkylation sites (tertiary alicyclic amines) is 1. The van der Waals surface area contributed by atoms with E-state index in [-0.39, 0.29) is 43.0 Å². The van der Waals surface area contributed by atoms with Crippen molar-refractivity contribution in [2.75, 3.05) is 20.2 Å². The van der Waals surface area contributed by atoms with Gasteiger partial charge in [-0.2, -0.15) is 0 Å². The molecule has 6 heteroatoms. The van der Waals surface area contributed by atoms with Gasteiger partial charge in [-0.1, -0.05) is 70.9 Å². The lowest BCUT2D eigenvalue weighted by Gasteiger charge is -2.58. The van der Waals surface area contributed by atoms with Gasteiger partial charge < -0.3 is 19.7 Å². The molecule has 1 saturated heterocycles. The molecule has 0 bridgehead atoms. The lowest BCUT2D eigenvalue weighted by atomic mass is 9.47. The minimum atomic E-state index is -0.503. The summed E-state index contributed by atoms with van der Waals surface area (Å²) in [4.78, 5) is 27.2. The smallest absolute Gasteiger partial charge is 0.407 e. The Morgan fingerprint density at radius 1 is 1.05 bits per heavy atom. The van der Waals surface area contributed by atoms with Crippen molar-refractivity contribution in [3.05, 3.63) is 11.6 Å². The van der Waals surface area contributed by atoms with Crippen LogP contribution in [0, 0.1) is 34.5 Å². The predicted octanol–water partition coefficient (Wildman–Crippen LogP) is 8.05. The summed E-state index contributed by atoms with van der Waals surface area (Å²) < 4.78 is 19.1. The van der Waals surface area contributed by atoms with Crippen LogP contribution in [0.5, 0.6) is 0 Å². The molecule has 1 N–H and O–H groups in total. The van der Waals surface area contributed by atoms with Crippen LogP contribution in [0.25, 0.3) is 0 Å². The summed E-state index contributed by atoms with van der Waals surface area (Å²) in [5, 5.41) is 2.70. The summed E-state index contributed by atoms with van der Waals surface area (Å²) in [5.41, 5.74) is 2.27. The van der Waals surface area contributed by atoms with Crippen molar-refractivity contribution in [1.82, 2.24) is 10.2 Å². The molecular formula is C36H60N2O4. The molecule has 0 aromatic rings. The molecule has 0 aromatic carbocycles. The highest BCUT2D eigenvalue weighted by Crippen LogP contribution is 2.66. The van der Waals surface area contributed by atoms with Crippen molar-refractivity contribution in [3.63, 3.8) is 0 Å². The zero-order chi connectivity index (χ0) is 30.6. The molecular weight excluding hydrogens is 524 g/mol. The van der Waals surface area contributed by atoms with Crippen LogP contribution in [0.4, 0.5) is 4.79 Å². The Morgan fingerprint density at radius 3 is 2.64 bits per heavy atom. The lowest BCUT2D eigenvalue weighted by molar-refractivity contribution is -0.131. The first-order chi connectivity index (χ1) is 20.7. The summed E-state index contributed by atoms with van der Waals surface area (Å²) >= 11 is 0. The zero-order valence-corrected chi connectivity index (χ0v) is 27.1. The number of carbonyl (C=O) groups is 2. The van der Waals surface area contributed by atoms with Crippen molar-refractivity contribution < 1.29 is 20.4 Å². The van der Waals surface area contributed by atoms with Gasteiger partial charge in [-0.05, 0) is 99.2 Å². The van der Waals surface area contributed by atoms with Crippen molar-refractivity contribution in [3.8, 4) is 0 Å². The first-order valence-corrected chi connectivity index (χ1v) is 17.5. The van der Waals surface area contributed by atoms with Gasteiger partial charge in [0.2, 0.25) is 5.91 Å². The normalized spacial score (nSPS) is 39.5. The maximum atomic E-state index is 12.8. The number of fused-ring (bicyclic) bond motifs is 5. The number of alkyl carbamates (subject to hydrolysis) is 1. The highest BCUT2D eigenvalue weighted by Gasteiger charge is 2.58. The maximum absolute atomic E-state index is 12.8.